The minimum absolute atomic E-state index is 0.347. The van der Waals surface area contributed by atoms with Crippen LogP contribution in [0.3, 0.4) is 0 Å². The number of hydrogen-bond donors (Lipinski definition) is 1. The van der Waals surface area contributed by atoms with E-state index in [1.165, 1.54) is 23.9 Å². The number of rotatable bonds is 2. The Morgan fingerprint density at radius 3 is 2.87 bits per heavy atom. The molecule has 15 heavy (non-hydrogen) atoms. The topological polar surface area (TPSA) is 52.0 Å². The SMILES string of the molecule is Cc1coc(Sc2ccc(F)cc2N)n1. The van der Waals surface area contributed by atoms with Crippen molar-refractivity contribution in [3.63, 3.8) is 0 Å². The van der Waals surface area contributed by atoms with Crippen LogP contribution in [-0.2, 0) is 0 Å². The first kappa shape index (κ1) is 10.0. The lowest BCUT2D eigenvalue weighted by Gasteiger charge is -2.01. The number of nitrogens with zero attached hydrogens (tertiary/aromatic N) is 1. The van der Waals surface area contributed by atoms with Gasteiger partial charge in [-0.15, -0.1) is 0 Å². The average molecular weight is 224 g/mol. The molecule has 0 saturated heterocycles. The van der Waals surface area contributed by atoms with E-state index in [4.69, 9.17) is 10.2 Å². The van der Waals surface area contributed by atoms with E-state index in [0.717, 1.165) is 10.6 Å². The number of nitrogen functional groups attached to an aromatic ring is 1. The molecule has 0 aliphatic rings. The molecule has 1 heterocycles. The first-order valence-electron chi connectivity index (χ1n) is 4.30. The summed E-state index contributed by atoms with van der Waals surface area (Å²) in [5, 5.41) is 0.505. The van der Waals surface area contributed by atoms with E-state index in [9.17, 15) is 4.39 Å². The summed E-state index contributed by atoms with van der Waals surface area (Å²) >= 11 is 1.27. The molecule has 5 heteroatoms. The van der Waals surface area contributed by atoms with Crippen LogP contribution in [0.15, 0.2) is 39.0 Å². The molecule has 2 rings (SSSR count). The van der Waals surface area contributed by atoms with Crippen LogP contribution in [0.25, 0.3) is 0 Å². The number of nitrogens with two attached hydrogens (primary N) is 1. The van der Waals surface area contributed by atoms with Crippen molar-refractivity contribution in [2.45, 2.75) is 17.0 Å². The molecule has 1 aromatic heterocycles. The van der Waals surface area contributed by atoms with Gasteiger partial charge in [-0.1, -0.05) is 0 Å². The van der Waals surface area contributed by atoms with Gasteiger partial charge in [0.1, 0.15) is 12.1 Å². The van der Waals surface area contributed by atoms with Gasteiger partial charge in [-0.25, -0.2) is 9.37 Å². The van der Waals surface area contributed by atoms with Crippen molar-refractivity contribution < 1.29 is 8.81 Å². The van der Waals surface area contributed by atoms with Crippen LogP contribution in [0.5, 0.6) is 0 Å². The smallest absolute Gasteiger partial charge is 0.260 e. The summed E-state index contributed by atoms with van der Waals surface area (Å²) in [5.41, 5.74) is 6.83. The van der Waals surface area contributed by atoms with Crippen LogP contribution >= 0.6 is 11.8 Å². The third-order valence-electron chi connectivity index (χ3n) is 1.77. The van der Waals surface area contributed by atoms with E-state index in [1.54, 1.807) is 12.3 Å². The molecule has 78 valence electrons. The normalized spacial score (nSPS) is 10.5. The lowest BCUT2D eigenvalue weighted by molar-refractivity contribution is 0.454. The molecule has 0 radical (unpaired) electrons. The predicted molar refractivity (Wildman–Crippen MR) is 56.2 cm³/mol. The van der Waals surface area contributed by atoms with Gasteiger partial charge in [0.05, 0.1) is 5.69 Å². The largest absolute Gasteiger partial charge is 0.439 e. The van der Waals surface area contributed by atoms with Crippen LogP contribution in [-0.4, -0.2) is 4.98 Å². The summed E-state index contributed by atoms with van der Waals surface area (Å²) in [6.07, 6.45) is 1.56. The van der Waals surface area contributed by atoms with E-state index >= 15 is 0 Å². The van der Waals surface area contributed by atoms with Gasteiger partial charge in [-0.05, 0) is 36.9 Å². The van der Waals surface area contributed by atoms with E-state index in [0.29, 0.717) is 10.9 Å². The second-order valence-electron chi connectivity index (χ2n) is 3.04. The third-order valence-corrected chi connectivity index (χ3v) is 2.72. The highest BCUT2D eigenvalue weighted by Gasteiger charge is 2.07. The predicted octanol–water partition coefficient (Wildman–Crippen LogP) is 2.86. The van der Waals surface area contributed by atoms with Gasteiger partial charge in [0.15, 0.2) is 0 Å². The van der Waals surface area contributed by atoms with Crippen molar-refractivity contribution >= 4 is 17.4 Å². The molecular weight excluding hydrogens is 215 g/mol. The molecule has 1 aromatic carbocycles. The molecule has 0 fully saturated rings. The number of anilines is 1. The molecule has 0 amide bonds. The number of aromatic nitrogens is 1. The fourth-order valence-corrected chi connectivity index (χ4v) is 1.87. The lowest BCUT2D eigenvalue weighted by Crippen LogP contribution is -1.89. The molecule has 0 unspecified atom stereocenters. The fourth-order valence-electron chi connectivity index (χ4n) is 1.09. The monoisotopic (exact) mass is 224 g/mol. The van der Waals surface area contributed by atoms with Gasteiger partial charge in [-0.3, -0.25) is 0 Å². The summed E-state index contributed by atoms with van der Waals surface area (Å²) in [7, 11) is 0. The summed E-state index contributed by atoms with van der Waals surface area (Å²) in [4.78, 5) is 4.85. The maximum Gasteiger partial charge on any atom is 0.260 e. The first-order chi connectivity index (χ1) is 7.15. The van der Waals surface area contributed by atoms with Crippen LogP contribution in [0.4, 0.5) is 10.1 Å². The fraction of sp³-hybridized carbons (Fsp3) is 0.100. The summed E-state index contributed by atoms with van der Waals surface area (Å²) in [6.45, 7) is 1.83. The first-order valence-corrected chi connectivity index (χ1v) is 5.12. The van der Waals surface area contributed by atoms with Crippen molar-refractivity contribution in [1.82, 2.24) is 4.98 Å². The molecule has 0 aliphatic carbocycles. The maximum absolute atomic E-state index is 12.8. The summed E-state index contributed by atoms with van der Waals surface area (Å²) in [6, 6.07) is 4.24. The molecule has 3 nitrogen and oxygen atoms in total. The Kier molecular flexibility index (Phi) is 2.64. The van der Waals surface area contributed by atoms with E-state index in [1.807, 2.05) is 6.92 Å². The number of halogens is 1. The van der Waals surface area contributed by atoms with Crippen molar-refractivity contribution in [2.75, 3.05) is 5.73 Å². The van der Waals surface area contributed by atoms with E-state index < -0.39 is 0 Å². The Hall–Kier alpha value is -1.49. The molecule has 0 spiro atoms. The second kappa shape index (κ2) is 3.94. The summed E-state index contributed by atoms with van der Waals surface area (Å²) in [5.74, 6) is -0.347. The van der Waals surface area contributed by atoms with Gasteiger partial charge in [-0.2, -0.15) is 0 Å². The number of hydrogen-bond acceptors (Lipinski definition) is 4. The zero-order chi connectivity index (χ0) is 10.8. The van der Waals surface area contributed by atoms with Crippen molar-refractivity contribution in [3.8, 4) is 0 Å². The van der Waals surface area contributed by atoms with Gasteiger partial charge < -0.3 is 10.2 Å². The minimum Gasteiger partial charge on any atom is -0.439 e. The van der Waals surface area contributed by atoms with E-state index in [2.05, 4.69) is 4.98 Å². The summed E-state index contributed by atoms with van der Waals surface area (Å²) < 4.78 is 17.9. The molecule has 0 bridgehead atoms. The Balaban J connectivity index is 2.24. The minimum atomic E-state index is -0.347. The molecule has 2 aromatic rings. The lowest BCUT2D eigenvalue weighted by atomic mass is 10.3. The molecule has 0 saturated carbocycles. The van der Waals surface area contributed by atoms with Crippen molar-refractivity contribution in [1.29, 1.82) is 0 Å². The Bertz CT molecular complexity index is 484. The standard InChI is InChI=1S/C10H9FN2OS/c1-6-5-14-10(13-6)15-9-3-2-7(11)4-8(9)12/h2-5H,12H2,1H3. The van der Waals surface area contributed by atoms with Crippen LogP contribution in [0.2, 0.25) is 0 Å². The van der Waals surface area contributed by atoms with Crippen LogP contribution in [0.1, 0.15) is 5.69 Å². The van der Waals surface area contributed by atoms with Gasteiger partial charge in [0.25, 0.3) is 5.22 Å². The second-order valence-corrected chi connectivity index (χ2v) is 4.03. The number of benzene rings is 1. The number of aryl methyl sites for hydroxylation is 1. The highest BCUT2D eigenvalue weighted by molar-refractivity contribution is 7.99. The third kappa shape index (κ3) is 2.30. The molecule has 0 aliphatic heterocycles. The highest BCUT2D eigenvalue weighted by Crippen LogP contribution is 2.31. The number of oxazole rings is 1. The zero-order valence-electron chi connectivity index (χ0n) is 8.03. The van der Waals surface area contributed by atoms with Gasteiger partial charge in [0.2, 0.25) is 0 Å². The van der Waals surface area contributed by atoms with Crippen LogP contribution in [0, 0.1) is 12.7 Å². The molecular formula is C10H9FN2OS. The molecule has 2 N–H and O–H groups in total. The Morgan fingerprint density at radius 1 is 1.47 bits per heavy atom. The van der Waals surface area contributed by atoms with Gasteiger partial charge >= 0.3 is 0 Å². The van der Waals surface area contributed by atoms with Crippen molar-refractivity contribution in [3.05, 3.63) is 36.0 Å². The zero-order valence-corrected chi connectivity index (χ0v) is 8.84. The van der Waals surface area contributed by atoms with Gasteiger partial charge in [0, 0.05) is 10.6 Å². The quantitative estimate of drug-likeness (QED) is 0.797. The Morgan fingerprint density at radius 2 is 2.27 bits per heavy atom. The molecule has 0 atom stereocenters. The average Bonchev–Trinajstić information content (AvgIpc) is 2.56. The van der Waals surface area contributed by atoms with Crippen LogP contribution < -0.4 is 5.73 Å². The highest BCUT2D eigenvalue weighted by atomic mass is 32.2. The maximum atomic E-state index is 12.8. The van der Waals surface area contributed by atoms with Crippen molar-refractivity contribution in [2.24, 2.45) is 0 Å². The Labute approximate surface area is 90.5 Å². The van der Waals surface area contributed by atoms with E-state index in [-0.39, 0.29) is 5.82 Å².